The molecule has 1 aromatic heterocycles. The Morgan fingerprint density at radius 3 is 2.32 bits per heavy atom. The number of hydrogen-bond donors (Lipinski definition) is 1. The molecule has 2 amide bonds. The molecule has 0 aliphatic carbocycles. The van der Waals surface area contributed by atoms with Crippen LogP contribution in [0, 0.1) is 6.92 Å². The number of carbonyl (C=O) groups is 1. The molecule has 1 N–H and O–H groups in total. The van der Waals surface area contributed by atoms with Gasteiger partial charge in [-0.15, -0.1) is 0 Å². The lowest BCUT2D eigenvalue weighted by Crippen LogP contribution is -2.46. The van der Waals surface area contributed by atoms with E-state index in [4.69, 9.17) is 9.51 Å². The number of nitrogens with one attached hydrogen (secondary N) is 1. The van der Waals surface area contributed by atoms with E-state index in [1.54, 1.807) is 4.90 Å². The van der Waals surface area contributed by atoms with Gasteiger partial charge in [0, 0.05) is 11.3 Å². The number of anilines is 1. The van der Waals surface area contributed by atoms with E-state index in [9.17, 15) is 4.79 Å². The van der Waals surface area contributed by atoms with Gasteiger partial charge in [0.1, 0.15) is 0 Å². The van der Waals surface area contributed by atoms with Gasteiger partial charge in [-0.2, -0.15) is 4.98 Å². The van der Waals surface area contributed by atoms with Crippen molar-refractivity contribution in [1.82, 2.24) is 15.5 Å². The zero-order valence-corrected chi connectivity index (χ0v) is 19.4. The van der Waals surface area contributed by atoms with Gasteiger partial charge >= 0.3 is 6.03 Å². The van der Waals surface area contributed by atoms with E-state index < -0.39 is 6.04 Å². The molecule has 1 unspecified atom stereocenters. The summed E-state index contributed by atoms with van der Waals surface area (Å²) < 4.78 is 5.77. The van der Waals surface area contributed by atoms with Gasteiger partial charge in [-0.1, -0.05) is 84.4 Å². The lowest BCUT2D eigenvalue weighted by Gasteiger charge is -2.35. The number of urea groups is 1. The maximum atomic E-state index is 13.3. The average molecular weight is 451 g/mol. The van der Waals surface area contributed by atoms with Crippen LogP contribution in [0.1, 0.15) is 42.5 Å². The van der Waals surface area contributed by atoms with Gasteiger partial charge in [0.2, 0.25) is 5.82 Å². The molecule has 6 heteroatoms. The second-order valence-corrected chi connectivity index (χ2v) is 8.44. The molecule has 2 heterocycles. The number of allylic oxidation sites excluding steroid dienone is 1. The summed E-state index contributed by atoms with van der Waals surface area (Å²) in [5.74, 6) is 0.898. The molecule has 0 saturated carbocycles. The zero-order chi connectivity index (χ0) is 23.7. The van der Waals surface area contributed by atoms with Crippen LogP contribution < -0.4 is 10.2 Å². The molecule has 0 radical (unpaired) electrons. The number of carbonyl (C=O) groups excluding carboxylic acids is 1. The Balaban J connectivity index is 1.63. The third-order valence-electron chi connectivity index (χ3n) is 6.19. The van der Waals surface area contributed by atoms with E-state index in [2.05, 4.69) is 17.4 Å². The molecule has 0 spiro atoms. The van der Waals surface area contributed by atoms with Crippen LogP contribution in [-0.2, 0) is 6.42 Å². The van der Waals surface area contributed by atoms with Crippen LogP contribution in [-0.4, -0.2) is 16.2 Å². The van der Waals surface area contributed by atoms with Crippen molar-refractivity contribution < 1.29 is 9.32 Å². The Bertz CT molecular complexity index is 1340. The van der Waals surface area contributed by atoms with E-state index in [0.29, 0.717) is 11.7 Å². The quantitative estimate of drug-likeness (QED) is 0.387. The lowest BCUT2D eigenvalue weighted by molar-refractivity contribution is 0.244. The van der Waals surface area contributed by atoms with Crippen molar-refractivity contribution in [2.75, 3.05) is 4.90 Å². The van der Waals surface area contributed by atoms with Gasteiger partial charge in [0.05, 0.1) is 17.3 Å². The first-order valence-electron chi connectivity index (χ1n) is 11.4. The van der Waals surface area contributed by atoms with Crippen LogP contribution in [0.4, 0.5) is 10.5 Å². The maximum Gasteiger partial charge on any atom is 0.326 e. The van der Waals surface area contributed by atoms with E-state index >= 15 is 0 Å². The normalized spacial score (nSPS) is 16.0. The Kier molecular flexibility index (Phi) is 5.72. The topological polar surface area (TPSA) is 71.3 Å². The SMILES string of the molecule is CCc1ccc(N2C(=O)NC(c3ccccc3)C(c3nc(-c4ccc(C)cc4)no3)=C2C)cc1. The Morgan fingerprint density at radius 1 is 0.941 bits per heavy atom. The van der Waals surface area contributed by atoms with Crippen molar-refractivity contribution in [2.24, 2.45) is 0 Å². The molecule has 3 aromatic carbocycles. The van der Waals surface area contributed by atoms with Crippen LogP contribution >= 0.6 is 0 Å². The predicted octanol–water partition coefficient (Wildman–Crippen LogP) is 6.31. The Hall–Kier alpha value is -4.19. The smallest absolute Gasteiger partial charge is 0.326 e. The first kappa shape index (κ1) is 21.6. The van der Waals surface area contributed by atoms with Crippen LogP contribution in [0.15, 0.2) is 89.1 Å². The lowest BCUT2D eigenvalue weighted by atomic mass is 9.94. The number of aryl methyl sites for hydroxylation is 2. The number of hydrogen-bond acceptors (Lipinski definition) is 4. The van der Waals surface area contributed by atoms with Crippen molar-refractivity contribution in [3.8, 4) is 11.4 Å². The molecule has 1 aliphatic heterocycles. The van der Waals surface area contributed by atoms with Crippen molar-refractivity contribution in [1.29, 1.82) is 0 Å². The molecular weight excluding hydrogens is 424 g/mol. The predicted molar refractivity (Wildman–Crippen MR) is 133 cm³/mol. The Labute approximate surface area is 198 Å². The van der Waals surface area contributed by atoms with Crippen molar-refractivity contribution in [3.63, 3.8) is 0 Å². The fourth-order valence-corrected chi connectivity index (χ4v) is 4.26. The zero-order valence-electron chi connectivity index (χ0n) is 19.4. The first-order chi connectivity index (χ1) is 16.5. The summed E-state index contributed by atoms with van der Waals surface area (Å²) in [7, 11) is 0. The van der Waals surface area contributed by atoms with Crippen LogP contribution in [0.25, 0.3) is 17.0 Å². The number of benzene rings is 3. The molecule has 0 bridgehead atoms. The van der Waals surface area contributed by atoms with Crippen molar-refractivity contribution in [3.05, 3.63) is 107 Å². The summed E-state index contributed by atoms with van der Waals surface area (Å²) in [5, 5.41) is 7.39. The molecule has 1 atom stereocenters. The van der Waals surface area contributed by atoms with Crippen LogP contribution in [0.2, 0.25) is 0 Å². The molecule has 1 aliphatic rings. The highest BCUT2D eigenvalue weighted by atomic mass is 16.5. The summed E-state index contributed by atoms with van der Waals surface area (Å²) >= 11 is 0. The summed E-state index contributed by atoms with van der Waals surface area (Å²) in [6.45, 7) is 6.07. The minimum Gasteiger partial charge on any atom is -0.334 e. The Morgan fingerprint density at radius 2 is 1.65 bits per heavy atom. The summed E-state index contributed by atoms with van der Waals surface area (Å²) in [6, 6.07) is 25.2. The molecule has 34 heavy (non-hydrogen) atoms. The summed E-state index contributed by atoms with van der Waals surface area (Å²) in [5.41, 5.74) is 6.51. The van der Waals surface area contributed by atoms with Gasteiger partial charge in [0.25, 0.3) is 5.89 Å². The fourth-order valence-electron chi connectivity index (χ4n) is 4.26. The van der Waals surface area contributed by atoms with E-state index in [1.165, 1.54) is 5.56 Å². The van der Waals surface area contributed by atoms with Crippen molar-refractivity contribution >= 4 is 17.3 Å². The number of rotatable bonds is 5. The molecule has 170 valence electrons. The highest BCUT2D eigenvalue weighted by molar-refractivity contribution is 6.01. The van der Waals surface area contributed by atoms with E-state index in [-0.39, 0.29) is 6.03 Å². The first-order valence-corrected chi connectivity index (χ1v) is 11.4. The average Bonchev–Trinajstić information content (AvgIpc) is 3.35. The second-order valence-electron chi connectivity index (χ2n) is 8.44. The standard InChI is InChI=1S/C28H26N4O2/c1-4-20-12-16-23(17-13-20)32-19(3)24(25(29-28(32)33)21-8-6-5-7-9-21)27-30-26(31-34-27)22-14-10-18(2)11-15-22/h5-17,25H,4H2,1-3H3,(H,29,33). The molecule has 0 fully saturated rings. The van der Waals surface area contributed by atoms with Crippen LogP contribution in [0.5, 0.6) is 0 Å². The molecule has 6 nitrogen and oxygen atoms in total. The van der Waals surface area contributed by atoms with Gasteiger partial charge in [-0.3, -0.25) is 4.90 Å². The van der Waals surface area contributed by atoms with E-state index in [0.717, 1.165) is 40.1 Å². The molecule has 5 rings (SSSR count). The number of nitrogens with zero attached hydrogens (tertiary/aromatic N) is 3. The summed E-state index contributed by atoms with van der Waals surface area (Å²) in [4.78, 5) is 19.7. The van der Waals surface area contributed by atoms with Gasteiger partial charge in [0.15, 0.2) is 0 Å². The summed E-state index contributed by atoms with van der Waals surface area (Å²) in [6.07, 6.45) is 0.937. The van der Waals surface area contributed by atoms with Crippen LogP contribution in [0.3, 0.4) is 0 Å². The number of aromatic nitrogens is 2. The third kappa shape index (κ3) is 3.99. The maximum absolute atomic E-state index is 13.3. The fraction of sp³-hybridized carbons (Fsp3) is 0.179. The molecule has 0 saturated heterocycles. The minimum atomic E-state index is -0.411. The van der Waals surface area contributed by atoms with Gasteiger partial charge in [-0.05, 0) is 43.5 Å². The van der Waals surface area contributed by atoms with E-state index in [1.807, 2.05) is 92.7 Å². The highest BCUT2D eigenvalue weighted by Crippen LogP contribution is 2.39. The number of amides is 2. The second kappa shape index (κ2) is 8.98. The third-order valence-corrected chi connectivity index (χ3v) is 6.19. The van der Waals surface area contributed by atoms with Crippen molar-refractivity contribution in [2.45, 2.75) is 33.2 Å². The monoisotopic (exact) mass is 450 g/mol. The minimum absolute atomic E-state index is 0.197. The van der Waals surface area contributed by atoms with Gasteiger partial charge in [-0.25, -0.2) is 4.79 Å². The van der Waals surface area contributed by atoms with Gasteiger partial charge < -0.3 is 9.84 Å². The highest BCUT2D eigenvalue weighted by Gasteiger charge is 2.36. The molecule has 4 aromatic rings. The largest absolute Gasteiger partial charge is 0.334 e. The molecular formula is C28H26N4O2.